The van der Waals surface area contributed by atoms with Crippen molar-refractivity contribution < 1.29 is 22.6 Å². The van der Waals surface area contributed by atoms with Gasteiger partial charge in [-0.3, -0.25) is 0 Å². The van der Waals surface area contributed by atoms with Crippen LogP contribution in [0.2, 0.25) is 0 Å². The first-order chi connectivity index (χ1) is 11.4. The molecule has 0 aromatic heterocycles. The highest BCUT2D eigenvalue weighted by Gasteiger charge is 2.21. The fourth-order valence-corrected chi connectivity index (χ4v) is 3.47. The molecule has 128 valence electrons. The Morgan fingerprint density at radius 2 is 1.50 bits per heavy atom. The molecule has 5 nitrogen and oxygen atoms in total. The Morgan fingerprint density at radius 3 is 1.96 bits per heavy atom. The maximum atomic E-state index is 12.6. The molecule has 0 saturated heterocycles. The molecule has 0 fully saturated rings. The van der Waals surface area contributed by atoms with Crippen molar-refractivity contribution in [2.45, 2.75) is 4.90 Å². The summed E-state index contributed by atoms with van der Waals surface area (Å²) in [6.07, 6.45) is 1.31. The number of methoxy groups -OCH3 is 3. The van der Waals surface area contributed by atoms with E-state index in [-0.39, 0.29) is 9.26 Å². The minimum Gasteiger partial charge on any atom is -0.496 e. The summed E-state index contributed by atoms with van der Waals surface area (Å²) in [6.45, 7) is 0. The lowest BCUT2D eigenvalue weighted by atomic mass is 10.1. The average Bonchev–Trinajstić information content (AvgIpc) is 2.62. The Bertz CT molecular complexity index is 820. The van der Waals surface area contributed by atoms with Crippen LogP contribution in [0.3, 0.4) is 0 Å². The van der Waals surface area contributed by atoms with Gasteiger partial charge >= 0.3 is 0 Å². The van der Waals surface area contributed by atoms with Gasteiger partial charge in [0.1, 0.15) is 21.6 Å². The van der Waals surface area contributed by atoms with Gasteiger partial charge in [0.05, 0.1) is 31.8 Å². The lowest BCUT2D eigenvalue weighted by Gasteiger charge is -2.13. The molecule has 2 aromatic rings. The van der Waals surface area contributed by atoms with E-state index in [0.29, 0.717) is 22.8 Å². The van der Waals surface area contributed by atoms with E-state index in [1.165, 1.54) is 39.5 Å². The van der Waals surface area contributed by atoms with E-state index < -0.39 is 9.84 Å². The average molecular weight is 369 g/mol. The summed E-state index contributed by atoms with van der Waals surface area (Å²) in [5.74, 6) is 1.28. The molecule has 2 aromatic carbocycles. The monoisotopic (exact) mass is 368 g/mol. The molecule has 7 heteroatoms. The van der Waals surface area contributed by atoms with Gasteiger partial charge in [-0.05, 0) is 18.2 Å². The minimum absolute atomic E-state index is 0.109. The molecule has 0 unspecified atom stereocenters. The zero-order valence-corrected chi connectivity index (χ0v) is 15.0. The molecule has 0 saturated carbocycles. The van der Waals surface area contributed by atoms with Crippen LogP contribution in [0, 0.1) is 0 Å². The third-order valence-electron chi connectivity index (χ3n) is 3.32. The number of rotatable bonds is 6. The second-order valence-electron chi connectivity index (χ2n) is 4.71. The highest BCUT2D eigenvalue weighted by molar-refractivity contribution is 7.97. The van der Waals surface area contributed by atoms with Crippen LogP contribution in [-0.4, -0.2) is 29.7 Å². The van der Waals surface area contributed by atoms with Gasteiger partial charge in [0.15, 0.2) is 0 Å². The van der Waals surface area contributed by atoms with Crippen molar-refractivity contribution in [3.8, 4) is 17.2 Å². The highest BCUT2D eigenvalue weighted by atomic mass is 35.5. The molecule has 2 rings (SSSR count). The summed E-state index contributed by atoms with van der Waals surface area (Å²) < 4.78 is 40.5. The molecule has 0 aliphatic rings. The van der Waals surface area contributed by atoms with Gasteiger partial charge in [0.2, 0.25) is 9.84 Å². The summed E-state index contributed by atoms with van der Waals surface area (Å²) in [5, 5.41) is 0. The number of sulfone groups is 1. The summed E-state index contributed by atoms with van der Waals surface area (Å²) >= 11 is 6.10. The summed E-state index contributed by atoms with van der Waals surface area (Å²) in [5.41, 5.74) is 0.408. The van der Waals surface area contributed by atoms with Crippen LogP contribution < -0.4 is 14.2 Å². The van der Waals surface area contributed by atoms with E-state index in [4.69, 9.17) is 25.8 Å². The summed E-state index contributed by atoms with van der Waals surface area (Å²) in [4.78, 5) is 0.109. The number of hydrogen-bond acceptors (Lipinski definition) is 5. The Kier molecular flexibility index (Phi) is 5.75. The number of ether oxygens (including phenoxy) is 3. The lowest BCUT2D eigenvalue weighted by Crippen LogP contribution is -2.01. The number of benzene rings is 2. The third-order valence-corrected chi connectivity index (χ3v) is 5.56. The SMILES string of the molecule is COc1cc(OC)c(/C=C(/Cl)S(=O)(=O)c2ccccc2)c(OC)c1. The largest absolute Gasteiger partial charge is 0.496 e. The predicted molar refractivity (Wildman–Crippen MR) is 93.6 cm³/mol. The van der Waals surface area contributed by atoms with Crippen molar-refractivity contribution in [3.63, 3.8) is 0 Å². The van der Waals surface area contributed by atoms with E-state index in [1.807, 2.05) is 0 Å². The van der Waals surface area contributed by atoms with E-state index in [0.717, 1.165) is 0 Å². The molecular formula is C17H17ClO5S. The van der Waals surface area contributed by atoms with Crippen molar-refractivity contribution in [2.75, 3.05) is 21.3 Å². The molecule has 0 spiro atoms. The van der Waals surface area contributed by atoms with E-state index in [1.54, 1.807) is 30.3 Å². The number of hydrogen-bond donors (Lipinski definition) is 0. The Labute approximate surface area is 146 Å². The fraction of sp³-hybridized carbons (Fsp3) is 0.176. The molecule has 0 aliphatic heterocycles. The fourth-order valence-electron chi connectivity index (χ4n) is 2.08. The van der Waals surface area contributed by atoms with Crippen LogP contribution in [0.25, 0.3) is 6.08 Å². The van der Waals surface area contributed by atoms with E-state index in [2.05, 4.69) is 0 Å². The second kappa shape index (κ2) is 7.59. The van der Waals surface area contributed by atoms with Gasteiger partial charge in [0, 0.05) is 12.1 Å². The molecule has 0 aliphatic carbocycles. The topological polar surface area (TPSA) is 61.8 Å². The van der Waals surface area contributed by atoms with Gasteiger partial charge in [-0.2, -0.15) is 0 Å². The van der Waals surface area contributed by atoms with Crippen LogP contribution in [0.5, 0.6) is 17.2 Å². The molecule has 0 heterocycles. The smallest absolute Gasteiger partial charge is 0.217 e. The zero-order chi connectivity index (χ0) is 17.7. The van der Waals surface area contributed by atoms with Crippen molar-refractivity contribution in [1.29, 1.82) is 0 Å². The predicted octanol–water partition coefficient (Wildman–Crippen LogP) is 3.72. The molecule has 0 atom stereocenters. The molecule has 0 radical (unpaired) electrons. The normalized spacial score (nSPS) is 11.9. The zero-order valence-electron chi connectivity index (χ0n) is 13.4. The van der Waals surface area contributed by atoms with Gasteiger partial charge in [-0.1, -0.05) is 29.8 Å². The third kappa shape index (κ3) is 3.66. The van der Waals surface area contributed by atoms with Crippen LogP contribution in [0.4, 0.5) is 0 Å². The highest BCUT2D eigenvalue weighted by Crippen LogP contribution is 2.37. The molecule has 24 heavy (non-hydrogen) atoms. The van der Waals surface area contributed by atoms with Gasteiger partial charge in [0.25, 0.3) is 0 Å². The standard InChI is InChI=1S/C17H17ClO5S/c1-21-12-9-15(22-2)14(16(10-12)23-3)11-17(18)24(19,20)13-7-5-4-6-8-13/h4-11H,1-3H3/b17-11-. The summed E-state index contributed by atoms with van der Waals surface area (Å²) in [7, 11) is 0.619. The van der Waals surface area contributed by atoms with Crippen molar-refractivity contribution in [2.24, 2.45) is 0 Å². The van der Waals surface area contributed by atoms with Gasteiger partial charge < -0.3 is 14.2 Å². The van der Waals surface area contributed by atoms with Crippen molar-refractivity contribution in [3.05, 3.63) is 52.4 Å². The maximum Gasteiger partial charge on any atom is 0.217 e. The molecule has 0 N–H and O–H groups in total. The van der Waals surface area contributed by atoms with Crippen molar-refractivity contribution >= 4 is 27.5 Å². The van der Waals surface area contributed by atoms with Gasteiger partial charge in [-0.25, -0.2) is 8.42 Å². The van der Waals surface area contributed by atoms with E-state index in [9.17, 15) is 8.42 Å². The first kappa shape index (κ1) is 18.2. The van der Waals surface area contributed by atoms with Crippen LogP contribution in [0.1, 0.15) is 5.56 Å². The van der Waals surface area contributed by atoms with E-state index >= 15 is 0 Å². The Hall–Kier alpha value is -2.18. The molecule has 0 bridgehead atoms. The van der Waals surface area contributed by atoms with Crippen LogP contribution >= 0.6 is 11.6 Å². The number of halogens is 1. The van der Waals surface area contributed by atoms with Crippen LogP contribution in [-0.2, 0) is 9.84 Å². The summed E-state index contributed by atoms with van der Waals surface area (Å²) in [6, 6.07) is 11.2. The molecule has 0 amide bonds. The second-order valence-corrected chi connectivity index (χ2v) is 7.26. The first-order valence-electron chi connectivity index (χ1n) is 6.91. The van der Waals surface area contributed by atoms with Crippen molar-refractivity contribution in [1.82, 2.24) is 0 Å². The van der Waals surface area contributed by atoms with Crippen LogP contribution in [0.15, 0.2) is 51.7 Å². The lowest BCUT2D eigenvalue weighted by molar-refractivity contribution is 0.374. The quantitative estimate of drug-likeness (QED) is 0.777. The molecular weight excluding hydrogens is 352 g/mol. The first-order valence-corrected chi connectivity index (χ1v) is 8.77. The minimum atomic E-state index is -3.82. The Morgan fingerprint density at radius 1 is 0.958 bits per heavy atom. The van der Waals surface area contributed by atoms with Gasteiger partial charge in [-0.15, -0.1) is 0 Å². The Balaban J connectivity index is 2.58. The maximum absolute atomic E-state index is 12.6.